The Bertz CT molecular complexity index is 1130. The Labute approximate surface area is 175 Å². The average molecular weight is 427 g/mol. The molecule has 12 heteroatoms. The van der Waals surface area contributed by atoms with Crippen LogP contribution in [0.15, 0.2) is 24.5 Å². The van der Waals surface area contributed by atoms with Gasteiger partial charge in [0.05, 0.1) is 24.3 Å². The molecule has 0 aliphatic carbocycles. The lowest BCUT2D eigenvalue weighted by molar-refractivity contribution is -0.385. The second-order valence-electron chi connectivity index (χ2n) is 6.56. The molecule has 30 heavy (non-hydrogen) atoms. The number of aromatic nitrogens is 4. The summed E-state index contributed by atoms with van der Waals surface area (Å²) in [4.78, 5) is 38.4. The van der Waals surface area contributed by atoms with Crippen molar-refractivity contribution in [1.29, 1.82) is 0 Å². The lowest BCUT2D eigenvalue weighted by Crippen LogP contribution is -2.37. The quantitative estimate of drug-likeness (QED) is 0.481. The van der Waals surface area contributed by atoms with Crippen molar-refractivity contribution in [1.82, 2.24) is 24.2 Å². The van der Waals surface area contributed by atoms with Crippen LogP contribution in [-0.2, 0) is 13.0 Å². The SMILES string of the molecule is COc1nsc(Nc2ncnc3c2CN(C(=O)c2c(C)cccc2[N+](=O)[O-])CC3)n1. The van der Waals surface area contributed by atoms with E-state index >= 15 is 0 Å². The van der Waals surface area contributed by atoms with Gasteiger partial charge in [-0.2, -0.15) is 4.98 Å². The van der Waals surface area contributed by atoms with Crippen LogP contribution in [0.5, 0.6) is 6.01 Å². The number of hydrogen-bond acceptors (Lipinski definition) is 10. The van der Waals surface area contributed by atoms with Crippen LogP contribution in [0.25, 0.3) is 0 Å². The molecule has 0 unspecified atom stereocenters. The molecule has 0 saturated carbocycles. The molecule has 0 saturated heterocycles. The van der Waals surface area contributed by atoms with Crippen LogP contribution in [0.3, 0.4) is 0 Å². The van der Waals surface area contributed by atoms with Crippen LogP contribution in [0.4, 0.5) is 16.6 Å². The summed E-state index contributed by atoms with van der Waals surface area (Å²) < 4.78 is 9.03. The van der Waals surface area contributed by atoms with Crippen molar-refractivity contribution in [2.45, 2.75) is 19.9 Å². The van der Waals surface area contributed by atoms with Gasteiger partial charge in [0.2, 0.25) is 5.13 Å². The fourth-order valence-corrected chi connectivity index (χ4v) is 3.85. The minimum Gasteiger partial charge on any atom is -0.466 e. The monoisotopic (exact) mass is 427 g/mol. The topological polar surface area (TPSA) is 136 Å². The Hall–Kier alpha value is -3.67. The number of carbonyl (C=O) groups is 1. The van der Waals surface area contributed by atoms with Gasteiger partial charge >= 0.3 is 6.01 Å². The van der Waals surface area contributed by atoms with E-state index in [0.29, 0.717) is 29.5 Å². The number of fused-ring (bicyclic) bond motifs is 1. The standard InChI is InChI=1S/C18H17N7O4S/c1-10-4-3-5-13(25(27)28)14(10)16(26)24-7-6-12-11(8-24)15(20-9-19-12)21-18-22-17(29-2)23-30-18/h3-5,9H,6-8H2,1-2H3,(H,19,20,21,22,23). The lowest BCUT2D eigenvalue weighted by Gasteiger charge is -2.29. The number of hydrogen-bond donors (Lipinski definition) is 1. The van der Waals surface area contributed by atoms with Gasteiger partial charge in [-0.05, 0) is 12.5 Å². The predicted octanol–water partition coefficient (Wildman–Crippen LogP) is 2.50. The second kappa shape index (κ2) is 7.99. The van der Waals surface area contributed by atoms with Crippen LogP contribution in [0.1, 0.15) is 27.2 Å². The van der Waals surface area contributed by atoms with Crippen molar-refractivity contribution < 1.29 is 14.5 Å². The third-order valence-electron chi connectivity index (χ3n) is 4.77. The zero-order chi connectivity index (χ0) is 21.3. The Morgan fingerprint density at radius 3 is 2.93 bits per heavy atom. The molecule has 11 nitrogen and oxygen atoms in total. The summed E-state index contributed by atoms with van der Waals surface area (Å²) in [5.74, 6) is 0.119. The van der Waals surface area contributed by atoms with Crippen LogP contribution >= 0.6 is 11.5 Å². The lowest BCUT2D eigenvalue weighted by atomic mass is 10.0. The maximum atomic E-state index is 13.2. The maximum absolute atomic E-state index is 13.2. The first kappa shape index (κ1) is 19.6. The Morgan fingerprint density at radius 2 is 2.20 bits per heavy atom. The van der Waals surface area contributed by atoms with Gasteiger partial charge in [0.1, 0.15) is 17.7 Å². The third kappa shape index (κ3) is 3.64. The molecule has 3 aromatic rings. The maximum Gasteiger partial charge on any atom is 0.329 e. The fourth-order valence-electron chi connectivity index (χ4n) is 3.31. The minimum absolute atomic E-state index is 0.103. The molecule has 0 atom stereocenters. The van der Waals surface area contributed by atoms with E-state index in [1.165, 1.54) is 19.5 Å². The number of ether oxygens (including phenoxy) is 1. The van der Waals surface area contributed by atoms with Crippen molar-refractivity contribution >= 4 is 34.1 Å². The van der Waals surface area contributed by atoms with Crippen molar-refractivity contribution in [2.24, 2.45) is 0 Å². The number of nitro groups is 1. The summed E-state index contributed by atoms with van der Waals surface area (Å²) in [5, 5.41) is 15.0. The number of nitrogens with zero attached hydrogens (tertiary/aromatic N) is 6. The van der Waals surface area contributed by atoms with Gasteiger partial charge in [0, 0.05) is 36.1 Å². The molecule has 154 valence electrons. The van der Waals surface area contributed by atoms with Crippen molar-refractivity contribution in [3.8, 4) is 6.01 Å². The van der Waals surface area contributed by atoms with Gasteiger partial charge in [-0.25, -0.2) is 9.97 Å². The van der Waals surface area contributed by atoms with E-state index in [9.17, 15) is 14.9 Å². The predicted molar refractivity (Wildman–Crippen MR) is 108 cm³/mol. The molecule has 1 amide bonds. The largest absolute Gasteiger partial charge is 0.466 e. The van der Waals surface area contributed by atoms with E-state index in [1.54, 1.807) is 24.0 Å². The number of methoxy groups -OCH3 is 1. The van der Waals surface area contributed by atoms with Crippen LogP contribution in [0.2, 0.25) is 0 Å². The smallest absolute Gasteiger partial charge is 0.329 e. The number of nitro benzene ring substituents is 1. The van der Waals surface area contributed by atoms with Gasteiger partial charge in [-0.3, -0.25) is 14.9 Å². The zero-order valence-electron chi connectivity index (χ0n) is 16.2. The number of carbonyl (C=O) groups excluding carboxylic acids is 1. The van der Waals surface area contributed by atoms with Gasteiger partial charge in [-0.1, -0.05) is 12.1 Å². The number of rotatable bonds is 5. The summed E-state index contributed by atoms with van der Waals surface area (Å²) in [6, 6.07) is 4.85. The molecular formula is C18H17N7O4S. The van der Waals surface area contributed by atoms with E-state index in [4.69, 9.17) is 4.74 Å². The number of amides is 1. The van der Waals surface area contributed by atoms with E-state index in [0.717, 1.165) is 22.8 Å². The van der Waals surface area contributed by atoms with Crippen LogP contribution < -0.4 is 10.1 Å². The highest BCUT2D eigenvalue weighted by atomic mass is 32.1. The molecule has 2 aromatic heterocycles. The highest BCUT2D eigenvalue weighted by Gasteiger charge is 2.30. The van der Waals surface area contributed by atoms with Crippen molar-refractivity contribution in [3.63, 3.8) is 0 Å². The summed E-state index contributed by atoms with van der Waals surface area (Å²) in [7, 11) is 1.48. The first-order chi connectivity index (χ1) is 14.5. The van der Waals surface area contributed by atoms with Gasteiger partial charge in [0.25, 0.3) is 11.6 Å². The molecule has 0 bridgehead atoms. The van der Waals surface area contributed by atoms with Crippen LogP contribution in [0, 0.1) is 17.0 Å². The molecule has 1 N–H and O–H groups in total. The first-order valence-electron chi connectivity index (χ1n) is 8.98. The summed E-state index contributed by atoms with van der Waals surface area (Å²) in [5.41, 5.74) is 2.01. The molecule has 1 aromatic carbocycles. The molecule has 0 radical (unpaired) electrons. The zero-order valence-corrected chi connectivity index (χ0v) is 17.0. The van der Waals surface area contributed by atoms with E-state index in [-0.39, 0.29) is 23.8 Å². The molecular weight excluding hydrogens is 410 g/mol. The van der Waals surface area contributed by atoms with Crippen LogP contribution in [-0.4, -0.2) is 48.7 Å². The van der Waals surface area contributed by atoms with E-state index in [1.807, 2.05) is 0 Å². The number of nitrogens with one attached hydrogen (secondary N) is 1. The van der Waals surface area contributed by atoms with Crippen molar-refractivity contribution in [3.05, 3.63) is 57.0 Å². The Kier molecular flexibility index (Phi) is 5.23. The molecule has 3 heterocycles. The van der Waals surface area contributed by atoms with Crippen molar-refractivity contribution in [2.75, 3.05) is 19.0 Å². The molecule has 4 rings (SSSR count). The molecule has 0 fully saturated rings. The van der Waals surface area contributed by atoms with Gasteiger partial charge in [0.15, 0.2) is 0 Å². The number of aryl methyl sites for hydroxylation is 1. The Morgan fingerprint density at radius 1 is 1.37 bits per heavy atom. The number of anilines is 2. The van der Waals surface area contributed by atoms with E-state index < -0.39 is 10.8 Å². The van der Waals surface area contributed by atoms with Gasteiger partial charge < -0.3 is 15.0 Å². The normalized spacial score (nSPS) is 12.9. The highest BCUT2D eigenvalue weighted by molar-refractivity contribution is 7.09. The van der Waals surface area contributed by atoms with E-state index in [2.05, 4.69) is 24.6 Å². The number of benzene rings is 1. The minimum atomic E-state index is -0.531. The first-order valence-corrected chi connectivity index (χ1v) is 9.76. The summed E-state index contributed by atoms with van der Waals surface area (Å²) in [6.07, 6.45) is 1.96. The molecule has 0 spiro atoms. The average Bonchev–Trinajstić information content (AvgIpc) is 3.20. The van der Waals surface area contributed by atoms with Gasteiger partial charge in [-0.15, -0.1) is 4.37 Å². The molecule has 1 aliphatic rings. The fraction of sp³-hybridized carbons (Fsp3) is 0.278. The summed E-state index contributed by atoms with van der Waals surface area (Å²) >= 11 is 1.12. The second-order valence-corrected chi connectivity index (χ2v) is 7.31. The molecule has 1 aliphatic heterocycles. The third-order valence-corrected chi connectivity index (χ3v) is 5.38. The Balaban J connectivity index is 1.64. The highest BCUT2D eigenvalue weighted by Crippen LogP contribution is 2.30. The summed E-state index contributed by atoms with van der Waals surface area (Å²) in [6.45, 7) is 2.32.